The third-order valence-electron chi connectivity index (χ3n) is 2.41. The number of carbonyl (C=O) groups is 1. The lowest BCUT2D eigenvalue weighted by atomic mass is 10.1. The van der Waals surface area contributed by atoms with Gasteiger partial charge in [-0.15, -0.1) is 0 Å². The van der Waals surface area contributed by atoms with Gasteiger partial charge in [-0.05, 0) is 36.4 Å². The van der Waals surface area contributed by atoms with Crippen molar-refractivity contribution in [1.29, 1.82) is 0 Å². The minimum atomic E-state index is -0.154. The zero-order valence-corrected chi connectivity index (χ0v) is 12.8. The molecular weight excluding hydrogens is 351 g/mol. The van der Waals surface area contributed by atoms with Gasteiger partial charge in [-0.2, -0.15) is 0 Å². The second-order valence-electron chi connectivity index (χ2n) is 3.80. The van der Waals surface area contributed by atoms with E-state index >= 15 is 0 Å². The second-order valence-corrected chi connectivity index (χ2v) is 5.53. The van der Waals surface area contributed by atoms with Crippen LogP contribution in [-0.2, 0) is 0 Å². The molecule has 2 aromatic rings. The SMILES string of the molecule is O=C(COc1cccc(Br)c1)c1ccc(Cl)c(Cl)c1. The molecule has 98 valence electrons. The Balaban J connectivity index is 2.03. The number of carbonyl (C=O) groups excluding carboxylic acids is 1. The fraction of sp³-hybridized carbons (Fsp3) is 0.0714. The minimum absolute atomic E-state index is 0.0472. The van der Waals surface area contributed by atoms with Crippen LogP contribution in [0.3, 0.4) is 0 Å². The monoisotopic (exact) mass is 358 g/mol. The molecule has 0 aromatic heterocycles. The normalized spacial score (nSPS) is 10.3. The Kier molecular flexibility index (Phi) is 4.86. The van der Waals surface area contributed by atoms with Crippen LogP contribution >= 0.6 is 39.1 Å². The first-order valence-corrected chi connectivity index (χ1v) is 6.98. The van der Waals surface area contributed by atoms with Gasteiger partial charge in [0, 0.05) is 10.0 Å². The number of hydrogen-bond acceptors (Lipinski definition) is 2. The molecule has 0 saturated heterocycles. The zero-order chi connectivity index (χ0) is 13.8. The van der Waals surface area contributed by atoms with Gasteiger partial charge in [0.15, 0.2) is 12.4 Å². The van der Waals surface area contributed by atoms with Crippen molar-refractivity contribution in [2.75, 3.05) is 6.61 Å². The standard InChI is InChI=1S/C14H9BrCl2O2/c15-10-2-1-3-11(7-10)19-8-14(18)9-4-5-12(16)13(17)6-9/h1-7H,8H2. The zero-order valence-electron chi connectivity index (χ0n) is 9.70. The number of ketones is 1. The maximum Gasteiger partial charge on any atom is 0.200 e. The molecule has 0 saturated carbocycles. The van der Waals surface area contributed by atoms with E-state index in [1.807, 2.05) is 12.1 Å². The van der Waals surface area contributed by atoms with Gasteiger partial charge in [0.05, 0.1) is 10.0 Å². The lowest BCUT2D eigenvalue weighted by molar-refractivity contribution is 0.0921. The van der Waals surface area contributed by atoms with Gasteiger partial charge >= 0.3 is 0 Å². The molecule has 0 spiro atoms. The van der Waals surface area contributed by atoms with Crippen molar-refractivity contribution in [3.05, 3.63) is 62.5 Å². The Bertz CT molecular complexity index is 614. The molecule has 0 N–H and O–H groups in total. The number of benzene rings is 2. The van der Waals surface area contributed by atoms with Gasteiger partial charge in [-0.3, -0.25) is 4.79 Å². The molecule has 2 aromatic carbocycles. The van der Waals surface area contributed by atoms with E-state index in [1.54, 1.807) is 24.3 Å². The molecule has 19 heavy (non-hydrogen) atoms. The number of Topliss-reactive ketones (excluding diaryl/α,β-unsaturated/α-hetero) is 1. The van der Waals surface area contributed by atoms with Crippen LogP contribution in [0.1, 0.15) is 10.4 Å². The van der Waals surface area contributed by atoms with Crippen LogP contribution in [0.15, 0.2) is 46.9 Å². The summed E-state index contributed by atoms with van der Waals surface area (Å²) < 4.78 is 6.31. The summed E-state index contributed by atoms with van der Waals surface area (Å²) in [6.45, 7) is -0.0472. The number of halogens is 3. The molecule has 0 bridgehead atoms. The van der Waals surface area contributed by atoms with Crippen molar-refractivity contribution in [3.8, 4) is 5.75 Å². The van der Waals surface area contributed by atoms with Gasteiger partial charge in [-0.25, -0.2) is 0 Å². The fourth-order valence-corrected chi connectivity index (χ4v) is 2.13. The van der Waals surface area contributed by atoms with E-state index in [1.165, 1.54) is 6.07 Å². The maximum absolute atomic E-state index is 11.9. The smallest absolute Gasteiger partial charge is 0.200 e. The summed E-state index contributed by atoms with van der Waals surface area (Å²) in [7, 11) is 0. The molecule has 0 radical (unpaired) electrons. The first kappa shape index (κ1) is 14.4. The Morgan fingerprint density at radius 3 is 2.58 bits per heavy atom. The molecule has 0 aliphatic rings. The highest BCUT2D eigenvalue weighted by atomic mass is 79.9. The molecule has 0 unspecified atom stereocenters. The molecule has 5 heteroatoms. The van der Waals surface area contributed by atoms with Gasteiger partial charge < -0.3 is 4.74 Å². The van der Waals surface area contributed by atoms with Crippen LogP contribution in [0.5, 0.6) is 5.75 Å². The van der Waals surface area contributed by atoms with Crippen molar-refractivity contribution in [1.82, 2.24) is 0 Å². The van der Waals surface area contributed by atoms with Gasteiger partial charge in [-0.1, -0.05) is 45.2 Å². The van der Waals surface area contributed by atoms with Crippen molar-refractivity contribution >= 4 is 44.9 Å². The number of hydrogen-bond donors (Lipinski definition) is 0. The number of ether oxygens (including phenoxy) is 1. The second kappa shape index (κ2) is 6.42. The van der Waals surface area contributed by atoms with E-state index in [9.17, 15) is 4.79 Å². The summed E-state index contributed by atoms with van der Waals surface area (Å²) in [5.74, 6) is 0.473. The third-order valence-corrected chi connectivity index (χ3v) is 3.64. The van der Waals surface area contributed by atoms with Crippen molar-refractivity contribution < 1.29 is 9.53 Å². The first-order chi connectivity index (χ1) is 9.06. The third kappa shape index (κ3) is 3.96. The van der Waals surface area contributed by atoms with Crippen LogP contribution in [0.2, 0.25) is 10.0 Å². The Hall–Kier alpha value is -1.03. The minimum Gasteiger partial charge on any atom is -0.485 e. The molecule has 0 fully saturated rings. The van der Waals surface area contributed by atoms with Gasteiger partial charge in [0.25, 0.3) is 0 Å². The average molecular weight is 360 g/mol. The molecule has 0 atom stereocenters. The highest BCUT2D eigenvalue weighted by molar-refractivity contribution is 9.10. The van der Waals surface area contributed by atoms with Crippen molar-refractivity contribution in [2.24, 2.45) is 0 Å². The lowest BCUT2D eigenvalue weighted by Crippen LogP contribution is -2.11. The van der Waals surface area contributed by atoms with E-state index in [0.29, 0.717) is 21.4 Å². The van der Waals surface area contributed by atoms with Gasteiger partial charge in [0.1, 0.15) is 5.75 Å². The first-order valence-electron chi connectivity index (χ1n) is 5.43. The Labute approximate surface area is 129 Å². The van der Waals surface area contributed by atoms with E-state index in [-0.39, 0.29) is 12.4 Å². The summed E-state index contributed by atoms with van der Waals surface area (Å²) in [4.78, 5) is 11.9. The van der Waals surface area contributed by atoms with E-state index in [0.717, 1.165) is 4.47 Å². The summed E-state index contributed by atoms with van der Waals surface area (Å²) in [6, 6.07) is 12.1. The largest absolute Gasteiger partial charge is 0.485 e. The predicted molar refractivity (Wildman–Crippen MR) is 80.4 cm³/mol. The maximum atomic E-state index is 11.9. The molecule has 2 rings (SSSR count). The quantitative estimate of drug-likeness (QED) is 0.716. The Morgan fingerprint density at radius 1 is 1.11 bits per heavy atom. The van der Waals surface area contributed by atoms with Crippen LogP contribution in [0.4, 0.5) is 0 Å². The summed E-state index contributed by atoms with van der Waals surface area (Å²) in [6.07, 6.45) is 0. The van der Waals surface area contributed by atoms with E-state index in [2.05, 4.69) is 15.9 Å². The summed E-state index contributed by atoms with van der Waals surface area (Å²) in [5.41, 5.74) is 0.476. The molecular formula is C14H9BrCl2O2. The molecule has 0 amide bonds. The molecule has 0 aliphatic heterocycles. The lowest BCUT2D eigenvalue weighted by Gasteiger charge is -2.06. The van der Waals surface area contributed by atoms with Crippen molar-refractivity contribution in [2.45, 2.75) is 0 Å². The van der Waals surface area contributed by atoms with Crippen LogP contribution < -0.4 is 4.74 Å². The molecule has 2 nitrogen and oxygen atoms in total. The Morgan fingerprint density at radius 2 is 1.89 bits per heavy atom. The summed E-state index contributed by atoms with van der Waals surface area (Å²) in [5, 5.41) is 0.779. The van der Waals surface area contributed by atoms with E-state index in [4.69, 9.17) is 27.9 Å². The molecule has 0 aliphatic carbocycles. The summed E-state index contributed by atoms with van der Waals surface area (Å²) >= 11 is 15.0. The highest BCUT2D eigenvalue weighted by Crippen LogP contribution is 2.23. The van der Waals surface area contributed by atoms with Gasteiger partial charge in [0.2, 0.25) is 0 Å². The van der Waals surface area contributed by atoms with Crippen molar-refractivity contribution in [3.63, 3.8) is 0 Å². The van der Waals surface area contributed by atoms with Crippen LogP contribution in [-0.4, -0.2) is 12.4 Å². The topological polar surface area (TPSA) is 26.3 Å². The average Bonchev–Trinajstić information content (AvgIpc) is 2.39. The highest BCUT2D eigenvalue weighted by Gasteiger charge is 2.09. The molecule has 0 heterocycles. The van der Waals surface area contributed by atoms with Crippen LogP contribution in [0, 0.1) is 0 Å². The van der Waals surface area contributed by atoms with E-state index < -0.39 is 0 Å². The number of rotatable bonds is 4. The van der Waals surface area contributed by atoms with Crippen LogP contribution in [0.25, 0.3) is 0 Å². The predicted octanol–water partition coefficient (Wildman–Crippen LogP) is 5.02. The fourth-order valence-electron chi connectivity index (χ4n) is 1.46.